The third kappa shape index (κ3) is 8.44. The number of alkyl carbamates (subject to hydrolysis) is 1. The predicted molar refractivity (Wildman–Crippen MR) is 116 cm³/mol. The van der Waals surface area contributed by atoms with Crippen molar-refractivity contribution in [1.29, 1.82) is 0 Å². The fourth-order valence-corrected chi connectivity index (χ4v) is 2.92. The van der Waals surface area contributed by atoms with Gasteiger partial charge in [0.25, 0.3) is 0 Å². The lowest BCUT2D eigenvalue weighted by Gasteiger charge is -2.22. The van der Waals surface area contributed by atoms with Crippen molar-refractivity contribution < 1.29 is 29.0 Å². The molecular weight excluding hydrogens is 398 g/mol. The lowest BCUT2D eigenvalue weighted by Crippen LogP contribution is -2.46. The summed E-state index contributed by atoms with van der Waals surface area (Å²) in [5.74, 6) is -0.849. The minimum absolute atomic E-state index is 0.0109. The lowest BCUT2D eigenvalue weighted by molar-refractivity contribution is -0.118. The Labute approximate surface area is 181 Å². The van der Waals surface area contributed by atoms with Gasteiger partial charge in [-0.2, -0.15) is 0 Å². The Hall–Kier alpha value is -3.45. The molecule has 164 valence electrons. The number of ketones is 1. The van der Waals surface area contributed by atoms with Crippen LogP contribution < -0.4 is 5.32 Å². The molecule has 2 rings (SSSR count). The second-order valence-electron chi connectivity index (χ2n) is 7.07. The molecule has 2 unspecified atom stereocenters. The maximum absolute atomic E-state index is 12.4. The van der Waals surface area contributed by atoms with E-state index in [9.17, 15) is 19.5 Å². The number of rotatable bonds is 11. The molecule has 0 fully saturated rings. The van der Waals surface area contributed by atoms with Gasteiger partial charge in [0.1, 0.15) is 25.1 Å². The molecule has 0 radical (unpaired) electrons. The highest BCUT2D eigenvalue weighted by atomic mass is 16.6. The van der Waals surface area contributed by atoms with E-state index in [0.29, 0.717) is 12.0 Å². The highest BCUT2D eigenvalue weighted by Crippen LogP contribution is 2.13. The number of nitrogens with one attached hydrogen (secondary N) is 1. The van der Waals surface area contributed by atoms with Crippen molar-refractivity contribution in [3.63, 3.8) is 0 Å². The standard InChI is InChI=1S/C24H27NO6/c1-3-12-30-24(29)25-21(13-17(2)26)22(27)16-31-23(28)20-11-7-10-19(15-20)14-18-8-5-4-6-9-18/h3-11,15,21-22,27H,1,12-14,16H2,2H3,(H,25,29). The van der Waals surface area contributed by atoms with E-state index in [0.717, 1.165) is 11.1 Å². The SMILES string of the molecule is C=CCOC(=O)NC(CC(C)=O)C(O)COC(=O)c1cccc(Cc2ccccc2)c1. The summed E-state index contributed by atoms with van der Waals surface area (Å²) in [7, 11) is 0. The Kier molecular flexibility index (Phi) is 9.45. The van der Waals surface area contributed by atoms with Gasteiger partial charge in [-0.1, -0.05) is 55.1 Å². The molecule has 0 bridgehead atoms. The summed E-state index contributed by atoms with van der Waals surface area (Å²) in [4.78, 5) is 35.6. The number of hydrogen-bond donors (Lipinski definition) is 2. The number of aliphatic hydroxyl groups excluding tert-OH is 1. The Bertz CT molecular complexity index is 896. The summed E-state index contributed by atoms with van der Waals surface area (Å²) in [5, 5.41) is 12.8. The van der Waals surface area contributed by atoms with Crippen LogP contribution in [0.2, 0.25) is 0 Å². The van der Waals surface area contributed by atoms with Crippen LogP contribution in [-0.4, -0.2) is 48.3 Å². The lowest BCUT2D eigenvalue weighted by atomic mass is 10.0. The van der Waals surface area contributed by atoms with Gasteiger partial charge >= 0.3 is 12.1 Å². The number of amides is 1. The minimum Gasteiger partial charge on any atom is -0.459 e. The molecule has 0 saturated heterocycles. The van der Waals surface area contributed by atoms with Crippen molar-refractivity contribution in [3.8, 4) is 0 Å². The first-order valence-electron chi connectivity index (χ1n) is 9.90. The van der Waals surface area contributed by atoms with Gasteiger partial charge in [-0.05, 0) is 36.6 Å². The molecule has 0 aliphatic rings. The van der Waals surface area contributed by atoms with Crippen LogP contribution in [0, 0.1) is 0 Å². The molecule has 7 nitrogen and oxygen atoms in total. The van der Waals surface area contributed by atoms with Crippen LogP contribution in [0.25, 0.3) is 0 Å². The zero-order chi connectivity index (χ0) is 22.6. The first-order chi connectivity index (χ1) is 14.9. The first-order valence-corrected chi connectivity index (χ1v) is 9.90. The molecule has 0 heterocycles. The van der Waals surface area contributed by atoms with E-state index in [1.165, 1.54) is 13.0 Å². The van der Waals surface area contributed by atoms with E-state index in [4.69, 9.17) is 9.47 Å². The quantitative estimate of drug-likeness (QED) is 0.424. The van der Waals surface area contributed by atoms with E-state index < -0.39 is 24.2 Å². The molecule has 2 aromatic carbocycles. The molecule has 0 spiro atoms. The van der Waals surface area contributed by atoms with Gasteiger partial charge in [0, 0.05) is 6.42 Å². The number of hydrogen-bond acceptors (Lipinski definition) is 6. The van der Waals surface area contributed by atoms with Gasteiger partial charge in [0.05, 0.1) is 11.6 Å². The third-order valence-electron chi connectivity index (χ3n) is 4.41. The van der Waals surface area contributed by atoms with Gasteiger partial charge in [-0.15, -0.1) is 0 Å². The molecule has 2 aromatic rings. The third-order valence-corrected chi connectivity index (χ3v) is 4.41. The van der Waals surface area contributed by atoms with Crippen molar-refractivity contribution in [3.05, 3.63) is 83.9 Å². The van der Waals surface area contributed by atoms with Crippen molar-refractivity contribution in [2.24, 2.45) is 0 Å². The van der Waals surface area contributed by atoms with Crippen LogP contribution in [0.15, 0.2) is 67.3 Å². The van der Waals surface area contributed by atoms with Crippen molar-refractivity contribution in [2.45, 2.75) is 31.9 Å². The summed E-state index contributed by atoms with van der Waals surface area (Å²) >= 11 is 0. The number of ether oxygens (including phenoxy) is 2. The molecule has 1 amide bonds. The van der Waals surface area contributed by atoms with Crippen molar-refractivity contribution in [2.75, 3.05) is 13.2 Å². The van der Waals surface area contributed by atoms with E-state index >= 15 is 0 Å². The molecule has 0 aliphatic carbocycles. The normalized spacial score (nSPS) is 12.3. The van der Waals surface area contributed by atoms with Gasteiger partial charge in [-0.3, -0.25) is 4.79 Å². The van der Waals surface area contributed by atoms with E-state index in [-0.39, 0.29) is 25.4 Å². The van der Waals surface area contributed by atoms with Gasteiger partial charge in [0.2, 0.25) is 0 Å². The fraction of sp³-hybridized carbons (Fsp3) is 0.292. The van der Waals surface area contributed by atoms with Crippen LogP contribution in [0.1, 0.15) is 34.8 Å². The number of benzene rings is 2. The Balaban J connectivity index is 1.95. The maximum atomic E-state index is 12.4. The van der Waals surface area contributed by atoms with Crippen LogP contribution in [0.3, 0.4) is 0 Å². The smallest absolute Gasteiger partial charge is 0.407 e. The predicted octanol–water partition coefficient (Wildman–Crippen LogP) is 3.06. The number of Topliss-reactive ketones (excluding diaryl/α,β-unsaturated/α-hetero) is 1. The van der Waals surface area contributed by atoms with Crippen LogP contribution >= 0.6 is 0 Å². The molecule has 0 saturated carbocycles. The Morgan fingerprint density at radius 2 is 1.77 bits per heavy atom. The van der Waals surface area contributed by atoms with Crippen molar-refractivity contribution >= 4 is 17.8 Å². The topological polar surface area (TPSA) is 102 Å². The largest absolute Gasteiger partial charge is 0.459 e. The zero-order valence-electron chi connectivity index (χ0n) is 17.5. The minimum atomic E-state index is -1.28. The van der Waals surface area contributed by atoms with E-state index in [1.54, 1.807) is 18.2 Å². The Morgan fingerprint density at radius 3 is 2.45 bits per heavy atom. The number of aliphatic hydroxyl groups is 1. The second-order valence-corrected chi connectivity index (χ2v) is 7.07. The molecule has 0 aromatic heterocycles. The number of carbonyl (C=O) groups is 3. The molecule has 31 heavy (non-hydrogen) atoms. The number of esters is 1. The highest BCUT2D eigenvalue weighted by molar-refractivity contribution is 5.89. The van der Waals surface area contributed by atoms with Crippen molar-refractivity contribution in [1.82, 2.24) is 5.32 Å². The first kappa shape index (κ1) is 23.8. The summed E-state index contributed by atoms with van der Waals surface area (Å²) in [6.07, 6.45) is -0.151. The summed E-state index contributed by atoms with van der Waals surface area (Å²) in [6.45, 7) is 4.37. The van der Waals surface area contributed by atoms with Crippen LogP contribution in [0.4, 0.5) is 4.79 Å². The number of carbonyl (C=O) groups excluding carboxylic acids is 3. The summed E-state index contributed by atoms with van der Waals surface area (Å²) < 4.78 is 10.0. The van der Waals surface area contributed by atoms with E-state index in [1.807, 2.05) is 36.4 Å². The molecular formula is C24H27NO6. The van der Waals surface area contributed by atoms with Gasteiger partial charge in [-0.25, -0.2) is 9.59 Å². The average Bonchev–Trinajstić information content (AvgIpc) is 2.76. The molecule has 2 atom stereocenters. The molecule has 7 heteroatoms. The summed E-state index contributed by atoms with van der Waals surface area (Å²) in [6, 6.07) is 15.9. The monoisotopic (exact) mass is 425 g/mol. The Morgan fingerprint density at radius 1 is 1.06 bits per heavy atom. The van der Waals surface area contributed by atoms with Crippen LogP contribution in [0.5, 0.6) is 0 Å². The molecule has 2 N–H and O–H groups in total. The van der Waals surface area contributed by atoms with Gasteiger partial charge in [0.15, 0.2) is 0 Å². The maximum Gasteiger partial charge on any atom is 0.407 e. The van der Waals surface area contributed by atoms with Gasteiger partial charge < -0.3 is 19.9 Å². The second kappa shape index (κ2) is 12.3. The summed E-state index contributed by atoms with van der Waals surface area (Å²) in [5.41, 5.74) is 2.41. The van der Waals surface area contributed by atoms with Crippen LogP contribution in [-0.2, 0) is 20.7 Å². The zero-order valence-corrected chi connectivity index (χ0v) is 17.5. The fourth-order valence-electron chi connectivity index (χ4n) is 2.92. The average molecular weight is 425 g/mol. The molecule has 0 aliphatic heterocycles. The van der Waals surface area contributed by atoms with E-state index in [2.05, 4.69) is 11.9 Å². The highest BCUT2D eigenvalue weighted by Gasteiger charge is 2.25.